The average Bonchev–Trinajstić information content (AvgIpc) is 3.15. The summed E-state index contributed by atoms with van der Waals surface area (Å²) in [4.78, 5) is 84.4. The molecule has 1 saturated carbocycles. The number of hydrogen-bond acceptors (Lipinski definition) is 18. The number of hydrogen-bond donors (Lipinski definition) is 0. The van der Waals surface area contributed by atoms with Crippen molar-refractivity contribution in [2.75, 3.05) is 86.4 Å². The van der Waals surface area contributed by atoms with Crippen LogP contribution < -0.4 is 0 Å². The molecule has 0 heterocycles. The van der Waals surface area contributed by atoms with Crippen molar-refractivity contribution in [3.05, 3.63) is 64.2 Å². The Morgan fingerprint density at radius 2 is 0.509 bits per heavy atom. The van der Waals surface area contributed by atoms with E-state index in [0.717, 1.165) is 31.3 Å². The van der Waals surface area contributed by atoms with Crippen LogP contribution in [-0.2, 0) is 85.6 Å². The van der Waals surface area contributed by atoms with E-state index in [4.69, 9.17) is 56.8 Å². The van der Waals surface area contributed by atoms with Crippen molar-refractivity contribution >= 4 is 35.8 Å². The predicted molar refractivity (Wildman–Crippen MR) is 179 cm³/mol. The zero-order chi connectivity index (χ0) is 39.4. The van der Waals surface area contributed by atoms with E-state index in [9.17, 15) is 28.8 Å². The smallest absolute Gasteiger partial charge is 0.310 e. The van der Waals surface area contributed by atoms with Crippen LogP contribution in [0.5, 0.6) is 0 Å². The first-order valence-electron chi connectivity index (χ1n) is 16.3. The minimum atomic E-state index is -2.04. The molecule has 0 bridgehead atoms. The van der Waals surface area contributed by atoms with E-state index in [1.165, 1.54) is 7.11 Å². The Morgan fingerprint density at radius 3 is 0.660 bits per heavy atom. The van der Waals surface area contributed by atoms with Crippen LogP contribution in [0.3, 0.4) is 0 Å². The van der Waals surface area contributed by atoms with Gasteiger partial charge in [0.05, 0.1) is 73.4 Å². The van der Waals surface area contributed by atoms with Gasteiger partial charge in [-0.3, -0.25) is 28.8 Å². The van der Waals surface area contributed by atoms with Crippen LogP contribution in [0.15, 0.2) is 64.2 Å². The van der Waals surface area contributed by atoms with Crippen LogP contribution in [0.1, 0.15) is 0 Å². The summed E-state index contributed by atoms with van der Waals surface area (Å²) >= 11 is 0. The summed E-state index contributed by atoms with van der Waals surface area (Å²) in [5, 5.41) is 0. The van der Waals surface area contributed by atoms with E-state index in [2.05, 4.69) is 32.9 Å². The van der Waals surface area contributed by atoms with Gasteiger partial charge in [0.2, 0.25) is 0 Å². The summed E-state index contributed by atoms with van der Waals surface area (Å²) in [7, 11) is 1.33. The van der Waals surface area contributed by atoms with Gasteiger partial charge < -0.3 is 56.8 Å². The maximum atomic E-state index is 14.1. The molecule has 18 nitrogen and oxygen atoms in total. The number of ether oxygens (including phenoxy) is 12. The zero-order valence-corrected chi connectivity index (χ0v) is 29.7. The molecular formula is C35H48O18. The van der Waals surface area contributed by atoms with E-state index in [0.29, 0.717) is 0 Å². The fourth-order valence-electron chi connectivity index (χ4n) is 5.27. The fraction of sp³-hybridized carbons (Fsp3) is 0.543. The van der Waals surface area contributed by atoms with Gasteiger partial charge in [0.1, 0.15) is 72.7 Å². The first-order chi connectivity index (χ1) is 25.7. The van der Waals surface area contributed by atoms with Crippen molar-refractivity contribution in [1.29, 1.82) is 0 Å². The zero-order valence-electron chi connectivity index (χ0n) is 29.7. The third kappa shape index (κ3) is 15.3. The van der Waals surface area contributed by atoms with Crippen LogP contribution in [0, 0.1) is 35.5 Å². The first kappa shape index (κ1) is 45.5. The van der Waals surface area contributed by atoms with Crippen LogP contribution in [0.2, 0.25) is 0 Å². The number of rotatable bonds is 29. The number of esters is 6. The van der Waals surface area contributed by atoms with Crippen molar-refractivity contribution in [2.45, 2.75) is 0 Å². The van der Waals surface area contributed by atoms with Gasteiger partial charge in [-0.25, -0.2) is 0 Å². The summed E-state index contributed by atoms with van der Waals surface area (Å²) in [5.74, 6) is -19.7. The molecular weight excluding hydrogens is 708 g/mol. The Morgan fingerprint density at radius 1 is 0.340 bits per heavy atom. The molecule has 0 aliphatic heterocycles. The second kappa shape index (κ2) is 27.2. The summed E-state index contributed by atoms with van der Waals surface area (Å²) in [6, 6.07) is 0. The normalized spacial score (nSPS) is 20.1. The highest BCUT2D eigenvalue weighted by atomic mass is 16.6. The third-order valence-corrected chi connectivity index (χ3v) is 7.30. The van der Waals surface area contributed by atoms with Gasteiger partial charge in [-0.1, -0.05) is 32.9 Å². The largest absolute Gasteiger partial charge is 0.498 e. The molecule has 1 aliphatic rings. The molecule has 0 saturated heterocycles. The van der Waals surface area contributed by atoms with Gasteiger partial charge in [0.15, 0.2) is 0 Å². The van der Waals surface area contributed by atoms with Gasteiger partial charge in [0, 0.05) is 7.11 Å². The summed E-state index contributed by atoms with van der Waals surface area (Å²) in [6.07, 6.45) is 5.40. The Kier molecular flexibility index (Phi) is 23.3. The first-order valence-corrected chi connectivity index (χ1v) is 16.3. The highest BCUT2D eigenvalue weighted by Crippen LogP contribution is 2.49. The van der Waals surface area contributed by atoms with E-state index in [-0.39, 0.29) is 46.2 Å². The van der Waals surface area contributed by atoms with E-state index >= 15 is 0 Å². The molecule has 53 heavy (non-hydrogen) atoms. The molecule has 18 heteroatoms. The third-order valence-electron chi connectivity index (χ3n) is 7.30. The molecule has 0 aromatic heterocycles. The predicted octanol–water partition coefficient (Wildman–Crippen LogP) is 1.40. The molecule has 296 valence electrons. The Bertz CT molecular complexity index is 1160. The SMILES string of the molecule is C=COCCOC(=O)C1C(C(=O)OCCOC)C(C(=O)OCCOC=C)C(C(=O)OCCOC=C)C(C(=O)OCCOC=C)C1C(=O)OCCOC=C. The molecule has 0 radical (unpaired) electrons. The number of carbonyl (C=O) groups excluding carboxylic acids is 6. The maximum absolute atomic E-state index is 14.1. The molecule has 1 fully saturated rings. The lowest BCUT2D eigenvalue weighted by atomic mass is 9.56. The molecule has 4 unspecified atom stereocenters. The van der Waals surface area contributed by atoms with Crippen molar-refractivity contribution in [2.24, 2.45) is 35.5 Å². The van der Waals surface area contributed by atoms with Crippen LogP contribution in [0.4, 0.5) is 0 Å². The molecule has 1 aliphatic carbocycles. The fourth-order valence-corrected chi connectivity index (χ4v) is 5.27. The van der Waals surface area contributed by atoms with Crippen LogP contribution in [-0.4, -0.2) is 122 Å². The standard InChI is InChI=1S/C35H48O18/c1-7-43-13-19-49-31(37)25-24(30(36)48-18-12-42-6)26(32(38)50-20-14-44-8-2)28(34(40)52-22-16-46-10-4)29(35(41)53-23-17-47-11-5)27(25)33(39)51-21-15-45-9-3/h7-11,24-29H,1-5,12-23H2,6H3. The second-order valence-corrected chi connectivity index (χ2v) is 10.3. The molecule has 0 amide bonds. The monoisotopic (exact) mass is 756 g/mol. The van der Waals surface area contributed by atoms with E-state index < -0.39 is 104 Å². The van der Waals surface area contributed by atoms with Crippen LogP contribution >= 0.6 is 0 Å². The lowest BCUT2D eigenvalue weighted by Crippen LogP contribution is -2.61. The number of methoxy groups -OCH3 is 1. The van der Waals surface area contributed by atoms with Crippen molar-refractivity contribution in [3.63, 3.8) is 0 Å². The van der Waals surface area contributed by atoms with Crippen LogP contribution in [0.25, 0.3) is 0 Å². The molecule has 0 aromatic carbocycles. The topological polar surface area (TPSA) is 213 Å². The van der Waals surface area contributed by atoms with E-state index in [1.807, 2.05) is 0 Å². The molecule has 0 aromatic rings. The Labute approximate surface area is 307 Å². The molecule has 1 rings (SSSR count). The summed E-state index contributed by atoms with van der Waals surface area (Å²) in [5.41, 5.74) is 0. The number of carbonyl (C=O) groups is 6. The molecule has 0 spiro atoms. The Hall–Kier alpha value is -5.52. The van der Waals surface area contributed by atoms with Crippen molar-refractivity contribution in [1.82, 2.24) is 0 Å². The minimum Gasteiger partial charge on any atom is -0.498 e. The highest BCUT2D eigenvalue weighted by molar-refractivity contribution is 5.98. The maximum Gasteiger partial charge on any atom is 0.310 e. The summed E-state index contributed by atoms with van der Waals surface area (Å²) in [6.45, 7) is 13.3. The van der Waals surface area contributed by atoms with Gasteiger partial charge in [0.25, 0.3) is 0 Å². The van der Waals surface area contributed by atoms with Gasteiger partial charge in [-0.2, -0.15) is 0 Å². The van der Waals surface area contributed by atoms with E-state index in [1.54, 1.807) is 0 Å². The Balaban J connectivity index is 4.11. The highest BCUT2D eigenvalue weighted by Gasteiger charge is 2.66. The molecule has 0 N–H and O–H groups in total. The van der Waals surface area contributed by atoms with Gasteiger partial charge in [-0.05, 0) is 0 Å². The minimum absolute atomic E-state index is 0.119. The lowest BCUT2D eigenvalue weighted by Gasteiger charge is -2.45. The average molecular weight is 757 g/mol. The van der Waals surface area contributed by atoms with Gasteiger partial charge >= 0.3 is 35.8 Å². The van der Waals surface area contributed by atoms with Crippen molar-refractivity contribution < 1.29 is 85.6 Å². The quantitative estimate of drug-likeness (QED) is 0.0457. The molecule has 4 atom stereocenters. The van der Waals surface area contributed by atoms with Gasteiger partial charge in [-0.15, -0.1) is 0 Å². The summed E-state index contributed by atoms with van der Waals surface area (Å²) < 4.78 is 62.3. The second-order valence-electron chi connectivity index (χ2n) is 10.3. The lowest BCUT2D eigenvalue weighted by molar-refractivity contribution is -0.201. The van der Waals surface area contributed by atoms with Crippen molar-refractivity contribution in [3.8, 4) is 0 Å².